The van der Waals surface area contributed by atoms with E-state index in [9.17, 15) is 0 Å². The molecule has 3 aromatic rings. The van der Waals surface area contributed by atoms with Gasteiger partial charge in [0.25, 0.3) is 0 Å². The third-order valence-corrected chi connectivity index (χ3v) is 3.67. The Morgan fingerprint density at radius 3 is 2.54 bits per heavy atom. The van der Waals surface area contributed by atoms with Gasteiger partial charge in [-0.1, -0.05) is 12.7 Å². The average Bonchev–Trinajstić information content (AvgIpc) is 3.20. The molecule has 0 bridgehead atoms. The molecule has 0 fully saturated rings. The van der Waals surface area contributed by atoms with Crippen LogP contribution in [-0.2, 0) is 0 Å². The standard InChI is InChI=1S/C18H19N5O/c1-4-9-24-18-7-5-17(6-8-18)23-14(2)10-16(15(23)3)11-21-22-12-19-20-13-22/h4-8,10-13H,1,9H2,2-3H3. The fraction of sp³-hybridized carbons (Fsp3) is 0.167. The molecule has 0 spiro atoms. The molecule has 0 aliphatic carbocycles. The second-order valence-electron chi connectivity index (χ2n) is 5.34. The Morgan fingerprint density at radius 2 is 1.88 bits per heavy atom. The van der Waals surface area contributed by atoms with E-state index in [1.807, 2.05) is 30.5 Å². The van der Waals surface area contributed by atoms with Crippen molar-refractivity contribution in [1.82, 2.24) is 19.4 Å². The summed E-state index contributed by atoms with van der Waals surface area (Å²) in [5.74, 6) is 0.829. The van der Waals surface area contributed by atoms with E-state index >= 15 is 0 Å². The van der Waals surface area contributed by atoms with Gasteiger partial charge in [-0.15, -0.1) is 10.2 Å². The highest BCUT2D eigenvalue weighted by Gasteiger charge is 2.09. The highest BCUT2D eigenvalue weighted by Crippen LogP contribution is 2.22. The van der Waals surface area contributed by atoms with Crippen molar-refractivity contribution in [3.63, 3.8) is 0 Å². The third kappa shape index (κ3) is 3.27. The van der Waals surface area contributed by atoms with E-state index in [1.165, 1.54) is 0 Å². The van der Waals surface area contributed by atoms with E-state index in [2.05, 4.69) is 46.4 Å². The van der Waals surface area contributed by atoms with Crippen LogP contribution in [0.3, 0.4) is 0 Å². The Labute approximate surface area is 140 Å². The summed E-state index contributed by atoms with van der Waals surface area (Å²) < 4.78 is 9.28. The quantitative estimate of drug-likeness (QED) is 0.518. The highest BCUT2D eigenvalue weighted by atomic mass is 16.5. The van der Waals surface area contributed by atoms with E-state index in [0.717, 1.165) is 28.4 Å². The summed E-state index contributed by atoms with van der Waals surface area (Å²) in [6.45, 7) is 8.30. The van der Waals surface area contributed by atoms with Crippen LogP contribution in [0.4, 0.5) is 0 Å². The first kappa shape index (κ1) is 15.7. The molecule has 3 rings (SSSR count). The molecule has 0 saturated carbocycles. The van der Waals surface area contributed by atoms with Gasteiger partial charge in [0.1, 0.15) is 25.0 Å². The van der Waals surface area contributed by atoms with Crippen molar-refractivity contribution in [2.24, 2.45) is 5.10 Å². The van der Waals surface area contributed by atoms with Crippen molar-refractivity contribution in [2.75, 3.05) is 6.61 Å². The van der Waals surface area contributed by atoms with Gasteiger partial charge in [-0.05, 0) is 44.2 Å². The Morgan fingerprint density at radius 1 is 1.17 bits per heavy atom. The lowest BCUT2D eigenvalue weighted by atomic mass is 10.2. The van der Waals surface area contributed by atoms with Gasteiger partial charge in [0, 0.05) is 22.6 Å². The summed E-state index contributed by atoms with van der Waals surface area (Å²) >= 11 is 0. The van der Waals surface area contributed by atoms with Crippen molar-refractivity contribution in [3.8, 4) is 11.4 Å². The van der Waals surface area contributed by atoms with Crippen LogP contribution in [0.5, 0.6) is 5.75 Å². The van der Waals surface area contributed by atoms with Gasteiger partial charge < -0.3 is 9.30 Å². The van der Waals surface area contributed by atoms with Crippen LogP contribution in [0, 0.1) is 13.8 Å². The van der Waals surface area contributed by atoms with Crippen LogP contribution in [0.25, 0.3) is 5.69 Å². The van der Waals surface area contributed by atoms with Crippen LogP contribution in [0.1, 0.15) is 17.0 Å². The normalized spacial score (nSPS) is 11.1. The van der Waals surface area contributed by atoms with Crippen LogP contribution in [-0.4, -0.2) is 32.3 Å². The second-order valence-corrected chi connectivity index (χ2v) is 5.34. The lowest BCUT2D eigenvalue weighted by Gasteiger charge is -2.11. The minimum atomic E-state index is 0.505. The molecule has 24 heavy (non-hydrogen) atoms. The zero-order chi connectivity index (χ0) is 16.9. The van der Waals surface area contributed by atoms with Crippen molar-refractivity contribution in [3.05, 3.63) is 72.6 Å². The Balaban J connectivity index is 1.87. The summed E-state index contributed by atoms with van der Waals surface area (Å²) in [5.41, 5.74) is 4.38. The van der Waals surface area contributed by atoms with Gasteiger partial charge in [-0.25, -0.2) is 4.68 Å². The van der Waals surface area contributed by atoms with Crippen LogP contribution in [0.15, 0.2) is 60.7 Å². The van der Waals surface area contributed by atoms with Crippen molar-refractivity contribution in [2.45, 2.75) is 13.8 Å². The van der Waals surface area contributed by atoms with Gasteiger partial charge in [0.05, 0.1) is 6.21 Å². The molecule has 2 heterocycles. The summed E-state index contributed by atoms with van der Waals surface area (Å²) in [6.07, 6.45) is 6.65. The first-order chi connectivity index (χ1) is 11.7. The number of rotatable bonds is 6. The maximum Gasteiger partial charge on any atom is 0.141 e. The fourth-order valence-corrected chi connectivity index (χ4v) is 2.55. The number of aryl methyl sites for hydroxylation is 1. The molecular weight excluding hydrogens is 302 g/mol. The van der Waals surface area contributed by atoms with Crippen LogP contribution in [0.2, 0.25) is 0 Å². The van der Waals surface area contributed by atoms with Crippen molar-refractivity contribution < 1.29 is 4.74 Å². The number of ether oxygens (including phenoxy) is 1. The lowest BCUT2D eigenvalue weighted by molar-refractivity contribution is 0.363. The van der Waals surface area contributed by atoms with E-state index in [4.69, 9.17) is 4.74 Å². The molecule has 122 valence electrons. The molecule has 0 aliphatic rings. The van der Waals surface area contributed by atoms with Gasteiger partial charge in [-0.2, -0.15) is 5.10 Å². The van der Waals surface area contributed by atoms with Gasteiger partial charge in [0.15, 0.2) is 0 Å². The van der Waals surface area contributed by atoms with Gasteiger partial charge in [0.2, 0.25) is 0 Å². The lowest BCUT2D eigenvalue weighted by Crippen LogP contribution is -2.00. The van der Waals surface area contributed by atoms with E-state index < -0.39 is 0 Å². The smallest absolute Gasteiger partial charge is 0.141 e. The summed E-state index contributed by atoms with van der Waals surface area (Å²) in [7, 11) is 0. The number of nitrogens with zero attached hydrogens (tertiary/aromatic N) is 5. The minimum Gasteiger partial charge on any atom is -0.490 e. The first-order valence-electron chi connectivity index (χ1n) is 7.61. The van der Waals surface area contributed by atoms with Crippen molar-refractivity contribution >= 4 is 6.21 Å². The average molecular weight is 321 g/mol. The maximum absolute atomic E-state index is 5.53. The Kier molecular flexibility index (Phi) is 4.56. The second kappa shape index (κ2) is 6.95. The molecule has 2 aromatic heterocycles. The topological polar surface area (TPSA) is 57.2 Å². The SMILES string of the molecule is C=CCOc1ccc(-n2c(C)cc(C=Nn3cnnc3)c2C)cc1. The summed E-state index contributed by atoms with van der Waals surface area (Å²) in [6, 6.07) is 10.1. The third-order valence-electron chi connectivity index (χ3n) is 3.67. The predicted octanol–water partition coefficient (Wildman–Crippen LogP) is 3.13. The number of hydrogen-bond donors (Lipinski definition) is 0. The molecule has 0 N–H and O–H groups in total. The van der Waals surface area contributed by atoms with Crippen LogP contribution < -0.4 is 4.74 Å². The molecule has 0 amide bonds. The van der Waals surface area contributed by atoms with Crippen LogP contribution >= 0.6 is 0 Å². The molecule has 0 saturated heterocycles. The van der Waals surface area contributed by atoms with E-state index in [1.54, 1.807) is 23.4 Å². The zero-order valence-corrected chi connectivity index (χ0v) is 13.8. The predicted molar refractivity (Wildman–Crippen MR) is 93.9 cm³/mol. The summed E-state index contributed by atoms with van der Waals surface area (Å²) in [5, 5.41) is 11.8. The molecule has 6 nitrogen and oxygen atoms in total. The minimum absolute atomic E-state index is 0.505. The number of aromatic nitrogens is 4. The highest BCUT2D eigenvalue weighted by molar-refractivity contribution is 5.82. The molecule has 0 atom stereocenters. The number of benzene rings is 1. The molecule has 0 aliphatic heterocycles. The largest absolute Gasteiger partial charge is 0.490 e. The van der Waals surface area contributed by atoms with E-state index in [0.29, 0.717) is 6.61 Å². The molecule has 6 heteroatoms. The Hall–Kier alpha value is -3.15. The molecule has 0 unspecified atom stereocenters. The monoisotopic (exact) mass is 321 g/mol. The van der Waals surface area contributed by atoms with Crippen molar-refractivity contribution in [1.29, 1.82) is 0 Å². The molecular formula is C18H19N5O. The fourth-order valence-electron chi connectivity index (χ4n) is 2.55. The summed E-state index contributed by atoms with van der Waals surface area (Å²) in [4.78, 5) is 0. The van der Waals surface area contributed by atoms with E-state index in [-0.39, 0.29) is 0 Å². The maximum atomic E-state index is 5.53. The molecule has 0 radical (unpaired) electrons. The Bertz CT molecular complexity index is 844. The van der Waals surface area contributed by atoms with Gasteiger partial charge >= 0.3 is 0 Å². The zero-order valence-electron chi connectivity index (χ0n) is 13.8. The number of hydrogen-bond acceptors (Lipinski definition) is 4. The molecule has 1 aromatic carbocycles. The first-order valence-corrected chi connectivity index (χ1v) is 7.61. The van der Waals surface area contributed by atoms with Gasteiger partial charge in [-0.3, -0.25) is 0 Å².